The topological polar surface area (TPSA) is 48.8 Å². The second kappa shape index (κ2) is 17.3. The van der Waals surface area contributed by atoms with E-state index in [2.05, 4.69) is 259 Å². The van der Waals surface area contributed by atoms with Gasteiger partial charge in [0.15, 0.2) is 0 Å². The second-order valence-electron chi connectivity index (χ2n) is 19.3. The molecule has 0 unspecified atom stereocenters. The van der Waals surface area contributed by atoms with Crippen LogP contribution in [0.4, 0.5) is 5.69 Å². The van der Waals surface area contributed by atoms with Crippen LogP contribution in [-0.4, -0.2) is 27.9 Å². The molecule has 354 valence electrons. The number of nitrogens with zero attached hydrogens (tertiary/aromatic N) is 7. The molecule has 0 amide bonds. The number of aromatic nitrogens is 6. The molecule has 0 aliphatic heterocycles. The minimum atomic E-state index is 0.586. The molecule has 0 fully saturated rings. The van der Waals surface area contributed by atoms with Crippen molar-refractivity contribution in [2.45, 2.75) is 0 Å². The van der Waals surface area contributed by atoms with Crippen LogP contribution in [0.5, 0.6) is 0 Å². The number of hydrogen-bond donors (Lipinski definition) is 0. The normalized spacial score (nSPS) is 11.7. The van der Waals surface area contributed by atoms with Gasteiger partial charge in [0.05, 0.1) is 50.7 Å². The van der Waals surface area contributed by atoms with E-state index in [4.69, 9.17) is 9.97 Å². The monoisotopic (exact) mass is 969 g/mol. The first-order chi connectivity index (χ1) is 37.7. The summed E-state index contributed by atoms with van der Waals surface area (Å²) < 4.78 is 9.12. The first-order valence-electron chi connectivity index (χ1n) is 25.5. The molecular formula is C69H43N7. The average Bonchev–Trinajstić information content (AvgIpc) is 4.32. The van der Waals surface area contributed by atoms with E-state index in [9.17, 15) is 6.57 Å². The van der Waals surface area contributed by atoms with E-state index in [0.717, 1.165) is 134 Å². The van der Waals surface area contributed by atoms with Crippen LogP contribution in [0.3, 0.4) is 0 Å². The van der Waals surface area contributed by atoms with Crippen molar-refractivity contribution < 1.29 is 0 Å². The van der Waals surface area contributed by atoms with Crippen LogP contribution in [0.2, 0.25) is 0 Å². The number of rotatable bonds is 8. The summed E-state index contributed by atoms with van der Waals surface area (Å²) in [6.07, 6.45) is 0. The number of benzene rings is 11. The minimum Gasteiger partial charge on any atom is -0.278 e. The number of imidazole rings is 4. The first-order valence-corrected chi connectivity index (χ1v) is 25.5. The highest BCUT2D eigenvalue weighted by atomic mass is 15.2. The second-order valence-corrected chi connectivity index (χ2v) is 19.3. The van der Waals surface area contributed by atoms with Crippen LogP contribution in [-0.2, 0) is 0 Å². The van der Waals surface area contributed by atoms with Gasteiger partial charge in [-0.15, -0.1) is 0 Å². The third kappa shape index (κ3) is 6.75. The van der Waals surface area contributed by atoms with Gasteiger partial charge in [0.2, 0.25) is 17.2 Å². The molecule has 15 aromatic rings. The van der Waals surface area contributed by atoms with Crippen LogP contribution < -0.4 is 0 Å². The maximum absolute atomic E-state index is 9.19. The lowest BCUT2D eigenvalue weighted by Crippen LogP contribution is -1.94. The van der Waals surface area contributed by atoms with Crippen molar-refractivity contribution in [1.82, 2.24) is 27.9 Å². The van der Waals surface area contributed by atoms with Crippen molar-refractivity contribution in [2.75, 3.05) is 0 Å². The Labute approximate surface area is 437 Å². The lowest BCUT2D eigenvalue weighted by atomic mass is 9.83. The highest BCUT2D eigenvalue weighted by Crippen LogP contribution is 2.51. The fraction of sp³-hybridized carbons (Fsp3) is 0. The Morgan fingerprint density at radius 1 is 0.289 bits per heavy atom. The van der Waals surface area contributed by atoms with Crippen LogP contribution in [0.1, 0.15) is 0 Å². The van der Waals surface area contributed by atoms with Crippen LogP contribution in [0.15, 0.2) is 261 Å². The molecule has 4 aromatic heterocycles. The van der Waals surface area contributed by atoms with Gasteiger partial charge in [0, 0.05) is 11.4 Å². The molecule has 0 aliphatic rings. The summed E-state index contributed by atoms with van der Waals surface area (Å²) in [7, 11) is 0. The molecule has 0 atom stereocenters. The summed E-state index contributed by atoms with van der Waals surface area (Å²) in [6, 6.07) is 91.7. The van der Waals surface area contributed by atoms with Crippen molar-refractivity contribution in [3.63, 3.8) is 0 Å². The van der Waals surface area contributed by atoms with Gasteiger partial charge in [0.25, 0.3) is 0 Å². The molecule has 7 nitrogen and oxygen atoms in total. The summed E-state index contributed by atoms with van der Waals surface area (Å²) in [5.41, 5.74) is 22.7. The Morgan fingerprint density at radius 2 is 0.632 bits per heavy atom. The predicted molar refractivity (Wildman–Crippen MR) is 311 cm³/mol. The van der Waals surface area contributed by atoms with Gasteiger partial charge in [0.1, 0.15) is 0 Å². The Morgan fingerprint density at radius 3 is 1.01 bits per heavy atom. The molecule has 0 N–H and O–H groups in total. The zero-order valence-electron chi connectivity index (χ0n) is 41.0. The van der Waals surface area contributed by atoms with Gasteiger partial charge in [-0.1, -0.05) is 182 Å². The van der Waals surface area contributed by atoms with Crippen LogP contribution in [0, 0.1) is 6.57 Å². The lowest BCUT2D eigenvalue weighted by Gasteiger charge is -2.21. The van der Waals surface area contributed by atoms with E-state index in [0.29, 0.717) is 5.69 Å². The van der Waals surface area contributed by atoms with E-state index in [1.807, 2.05) is 24.3 Å². The van der Waals surface area contributed by atoms with Gasteiger partial charge in [-0.3, -0.25) is 17.9 Å². The molecular weight excluding hydrogens is 927 g/mol. The van der Waals surface area contributed by atoms with Gasteiger partial charge in [-0.05, 0) is 146 Å². The van der Waals surface area contributed by atoms with E-state index in [1.165, 1.54) is 0 Å². The van der Waals surface area contributed by atoms with Crippen molar-refractivity contribution in [3.05, 3.63) is 272 Å². The third-order valence-electron chi connectivity index (χ3n) is 15.0. The fourth-order valence-electron chi connectivity index (χ4n) is 11.5. The van der Waals surface area contributed by atoms with Gasteiger partial charge in [-0.25, -0.2) is 14.8 Å². The molecule has 0 radical (unpaired) electrons. The molecule has 4 heterocycles. The standard InChI is InChI=1S/C69H43N7/c1-70-67-65(47-24-12-4-13-25-47)55(51-32-36-57-61(42-51)75-63-40-49(45-20-8-2-9-21-45)34-38-59(63)73(68(75)71-57)53-28-16-6-17-29-53)44-56(66(67)48-26-14-5-15-27-48)52-33-37-58-62(43-52)76-64-41-50(46-22-10-3-11-23-46)35-39-60(64)74(69(76)72-58)54-30-18-7-19-31-54/h2-44H. The Hall–Kier alpha value is -10.6. The number of para-hydroxylation sites is 2. The summed E-state index contributed by atoms with van der Waals surface area (Å²) in [5, 5.41) is 0. The van der Waals surface area contributed by atoms with E-state index >= 15 is 0 Å². The highest BCUT2D eigenvalue weighted by Gasteiger charge is 2.26. The predicted octanol–water partition coefficient (Wildman–Crippen LogP) is 17.7. The smallest absolute Gasteiger partial charge is 0.220 e. The Bertz CT molecular complexity index is 4480. The molecule has 0 spiro atoms. The van der Waals surface area contributed by atoms with Crippen molar-refractivity contribution in [2.24, 2.45) is 0 Å². The minimum absolute atomic E-state index is 0.586. The van der Waals surface area contributed by atoms with Crippen molar-refractivity contribution in [3.8, 4) is 78.1 Å². The molecule has 11 aromatic carbocycles. The number of fused-ring (bicyclic) bond motifs is 10. The van der Waals surface area contributed by atoms with Crippen molar-refractivity contribution in [1.29, 1.82) is 0 Å². The number of hydrogen-bond acceptors (Lipinski definition) is 2. The highest BCUT2D eigenvalue weighted by molar-refractivity contribution is 6.08. The van der Waals surface area contributed by atoms with E-state index < -0.39 is 0 Å². The molecule has 7 heteroatoms. The van der Waals surface area contributed by atoms with Gasteiger partial charge >= 0.3 is 0 Å². The largest absolute Gasteiger partial charge is 0.278 e. The summed E-state index contributed by atoms with van der Waals surface area (Å²) in [6.45, 7) is 9.19. The third-order valence-corrected chi connectivity index (χ3v) is 15.0. The molecule has 0 bridgehead atoms. The molecule has 0 aliphatic carbocycles. The molecule has 76 heavy (non-hydrogen) atoms. The summed E-state index contributed by atoms with van der Waals surface area (Å²) in [4.78, 5) is 15.3. The quantitative estimate of drug-likeness (QED) is 0.142. The van der Waals surface area contributed by atoms with Gasteiger partial charge < -0.3 is 0 Å². The van der Waals surface area contributed by atoms with E-state index in [1.54, 1.807) is 0 Å². The SMILES string of the molecule is [C-]#[N+]c1c(-c2ccccc2)c(-c2ccc3nc4n(-c5ccccc5)c5ccc(-c6ccccc6)cc5n4c3c2)cc(-c2ccc3nc4n(-c5ccccc5)c5ccc(-c6ccccc6)cc5n4c3c2)c1-c1ccccc1. The molecule has 0 saturated carbocycles. The molecule has 0 saturated heterocycles. The molecule has 15 rings (SSSR count). The summed E-state index contributed by atoms with van der Waals surface area (Å²) in [5.74, 6) is 1.66. The fourth-order valence-corrected chi connectivity index (χ4v) is 11.5. The Kier molecular flexibility index (Phi) is 9.81. The maximum atomic E-state index is 9.19. The zero-order valence-corrected chi connectivity index (χ0v) is 41.0. The lowest BCUT2D eigenvalue weighted by molar-refractivity contribution is 1.11. The zero-order chi connectivity index (χ0) is 50.3. The Balaban J connectivity index is 1.02. The van der Waals surface area contributed by atoms with E-state index in [-0.39, 0.29) is 0 Å². The van der Waals surface area contributed by atoms with Crippen LogP contribution >= 0.6 is 0 Å². The van der Waals surface area contributed by atoms with Gasteiger partial charge in [-0.2, -0.15) is 0 Å². The van der Waals surface area contributed by atoms with Crippen molar-refractivity contribution >= 4 is 61.4 Å². The average molecular weight is 970 g/mol. The maximum Gasteiger partial charge on any atom is 0.220 e. The van der Waals surface area contributed by atoms with Crippen LogP contribution in [0.25, 0.3) is 139 Å². The summed E-state index contributed by atoms with van der Waals surface area (Å²) >= 11 is 0. The first kappa shape index (κ1) is 43.1.